The van der Waals surface area contributed by atoms with Gasteiger partial charge in [-0.05, 0) is 23.7 Å². The van der Waals surface area contributed by atoms with Crippen LogP contribution in [0.2, 0.25) is 0 Å². The molecule has 14 heavy (non-hydrogen) atoms. The van der Waals surface area contributed by atoms with Crippen molar-refractivity contribution in [1.29, 1.82) is 0 Å². The topological polar surface area (TPSA) is 59.9 Å². The smallest absolute Gasteiger partial charge is 0.184 e. The van der Waals surface area contributed by atoms with Crippen LogP contribution in [0.4, 0.5) is 0 Å². The second kappa shape index (κ2) is 3.41. The molecule has 0 saturated carbocycles. The van der Waals surface area contributed by atoms with Gasteiger partial charge >= 0.3 is 0 Å². The van der Waals surface area contributed by atoms with Gasteiger partial charge in [-0.25, -0.2) is 8.42 Å². The fourth-order valence-corrected chi connectivity index (χ4v) is 3.34. The molecule has 0 aliphatic rings. The number of hydrogen-bond acceptors (Lipinski definition) is 6. The Hall–Kier alpha value is -0.790. The summed E-state index contributed by atoms with van der Waals surface area (Å²) in [5.41, 5.74) is 0.731. The second-order valence-corrected chi connectivity index (χ2v) is 6.62. The highest BCUT2D eigenvalue weighted by Crippen LogP contribution is 2.29. The van der Waals surface area contributed by atoms with E-state index in [2.05, 4.69) is 9.59 Å². The van der Waals surface area contributed by atoms with Crippen LogP contribution in [0.1, 0.15) is 0 Å². The molecule has 0 spiro atoms. The molecule has 0 unspecified atom stereocenters. The summed E-state index contributed by atoms with van der Waals surface area (Å²) in [6, 6.07) is 3.34. The minimum absolute atomic E-state index is 0.362. The molecule has 0 atom stereocenters. The summed E-state index contributed by atoms with van der Waals surface area (Å²) < 4.78 is 26.5. The SMILES string of the molecule is CS(=O)(=O)c1ccc(-c2csnn2)s1. The maximum absolute atomic E-state index is 11.2. The lowest BCUT2D eigenvalue weighted by Gasteiger charge is -1.88. The van der Waals surface area contributed by atoms with E-state index in [9.17, 15) is 8.42 Å². The average Bonchev–Trinajstić information content (AvgIpc) is 2.73. The van der Waals surface area contributed by atoms with E-state index in [0.717, 1.165) is 10.6 Å². The average molecular weight is 246 g/mol. The van der Waals surface area contributed by atoms with Crippen molar-refractivity contribution in [2.45, 2.75) is 4.21 Å². The predicted octanol–water partition coefficient (Wildman–Crippen LogP) is 1.67. The standard InChI is InChI=1S/C7H6N2O2S3/c1-14(10,11)7-3-2-6(13-7)5-4-12-9-8-5/h2-4H,1H3. The fourth-order valence-electron chi connectivity index (χ4n) is 0.929. The zero-order chi connectivity index (χ0) is 10.2. The Morgan fingerprint density at radius 1 is 1.36 bits per heavy atom. The molecule has 7 heteroatoms. The number of aromatic nitrogens is 2. The van der Waals surface area contributed by atoms with Crippen molar-refractivity contribution in [3.8, 4) is 10.6 Å². The van der Waals surface area contributed by atoms with E-state index in [1.165, 1.54) is 29.1 Å². The first-order valence-electron chi connectivity index (χ1n) is 3.65. The third-order valence-corrected chi connectivity index (χ3v) is 4.99. The lowest BCUT2D eigenvalue weighted by atomic mass is 10.4. The molecule has 2 rings (SSSR count). The third kappa shape index (κ3) is 1.84. The Balaban J connectivity index is 2.46. The molecule has 0 bridgehead atoms. The lowest BCUT2D eigenvalue weighted by Crippen LogP contribution is -1.91. The minimum Gasteiger partial charge on any atom is -0.223 e. The van der Waals surface area contributed by atoms with E-state index in [-0.39, 0.29) is 0 Å². The van der Waals surface area contributed by atoms with Crippen LogP contribution in [0.15, 0.2) is 21.7 Å². The fraction of sp³-hybridized carbons (Fsp3) is 0.143. The maximum atomic E-state index is 11.2. The van der Waals surface area contributed by atoms with Crippen LogP contribution in [0.25, 0.3) is 10.6 Å². The van der Waals surface area contributed by atoms with Gasteiger partial charge in [-0.3, -0.25) is 0 Å². The Labute approximate surface area is 89.3 Å². The van der Waals surface area contributed by atoms with Gasteiger partial charge in [0, 0.05) is 11.6 Å². The number of rotatable bonds is 2. The molecule has 2 heterocycles. The number of thiophene rings is 1. The summed E-state index contributed by atoms with van der Waals surface area (Å²) in [7, 11) is -3.10. The van der Waals surface area contributed by atoms with Gasteiger partial charge in [-0.1, -0.05) is 4.49 Å². The molecule has 0 aliphatic heterocycles. The van der Waals surface area contributed by atoms with Crippen molar-refractivity contribution in [1.82, 2.24) is 9.59 Å². The summed E-state index contributed by atoms with van der Waals surface area (Å²) in [5.74, 6) is 0. The summed E-state index contributed by atoms with van der Waals surface area (Å²) in [5, 5.41) is 5.66. The third-order valence-electron chi connectivity index (χ3n) is 1.56. The predicted molar refractivity (Wildman–Crippen MR) is 56.3 cm³/mol. The zero-order valence-electron chi connectivity index (χ0n) is 7.17. The van der Waals surface area contributed by atoms with Gasteiger partial charge < -0.3 is 0 Å². The summed E-state index contributed by atoms with van der Waals surface area (Å²) in [4.78, 5) is 0.833. The van der Waals surface area contributed by atoms with Crippen molar-refractivity contribution in [3.63, 3.8) is 0 Å². The maximum Gasteiger partial charge on any atom is 0.184 e. The van der Waals surface area contributed by atoms with Gasteiger partial charge in [-0.15, -0.1) is 16.4 Å². The van der Waals surface area contributed by atoms with Crippen LogP contribution < -0.4 is 0 Å². The molecule has 2 aromatic heterocycles. The summed E-state index contributed by atoms with van der Waals surface area (Å²) >= 11 is 2.46. The van der Waals surface area contributed by atoms with Crippen molar-refractivity contribution in [2.24, 2.45) is 0 Å². The highest BCUT2D eigenvalue weighted by atomic mass is 32.2. The Morgan fingerprint density at radius 2 is 2.14 bits per heavy atom. The van der Waals surface area contributed by atoms with Crippen LogP contribution in [0.3, 0.4) is 0 Å². The van der Waals surface area contributed by atoms with Gasteiger partial charge in [0.25, 0.3) is 0 Å². The molecule has 0 fully saturated rings. The Kier molecular flexibility index (Phi) is 2.38. The van der Waals surface area contributed by atoms with E-state index in [0.29, 0.717) is 4.21 Å². The Bertz CT molecular complexity index is 527. The van der Waals surface area contributed by atoms with Crippen LogP contribution in [0.5, 0.6) is 0 Å². The molecular weight excluding hydrogens is 240 g/mol. The van der Waals surface area contributed by atoms with Gasteiger partial charge in [0.15, 0.2) is 9.84 Å². The molecule has 0 aromatic carbocycles. The number of hydrogen-bond donors (Lipinski definition) is 0. The first kappa shape index (κ1) is 9.75. The molecule has 0 amide bonds. The van der Waals surface area contributed by atoms with Crippen molar-refractivity contribution in [2.75, 3.05) is 6.26 Å². The normalized spacial score (nSPS) is 11.8. The van der Waals surface area contributed by atoms with Crippen LogP contribution in [-0.4, -0.2) is 24.3 Å². The monoisotopic (exact) mass is 246 g/mol. The van der Waals surface area contributed by atoms with Crippen LogP contribution in [0, 0.1) is 0 Å². The number of nitrogens with zero attached hydrogens (tertiary/aromatic N) is 2. The van der Waals surface area contributed by atoms with Gasteiger partial charge in [0.1, 0.15) is 9.90 Å². The van der Waals surface area contributed by atoms with Gasteiger partial charge in [0.05, 0.1) is 4.88 Å². The van der Waals surface area contributed by atoms with Gasteiger partial charge in [0.2, 0.25) is 0 Å². The first-order valence-corrected chi connectivity index (χ1v) is 7.19. The molecule has 0 saturated heterocycles. The molecule has 2 aromatic rings. The van der Waals surface area contributed by atoms with Crippen LogP contribution >= 0.6 is 22.9 Å². The van der Waals surface area contributed by atoms with E-state index in [1.807, 2.05) is 0 Å². The van der Waals surface area contributed by atoms with Gasteiger partial charge in [-0.2, -0.15) is 0 Å². The van der Waals surface area contributed by atoms with Crippen LogP contribution in [-0.2, 0) is 9.84 Å². The van der Waals surface area contributed by atoms with Crippen molar-refractivity contribution >= 4 is 32.7 Å². The molecule has 4 nitrogen and oxygen atoms in total. The largest absolute Gasteiger partial charge is 0.223 e. The van der Waals surface area contributed by atoms with E-state index < -0.39 is 9.84 Å². The number of sulfone groups is 1. The molecular formula is C7H6N2O2S3. The minimum atomic E-state index is -3.10. The highest BCUT2D eigenvalue weighted by molar-refractivity contribution is 7.92. The highest BCUT2D eigenvalue weighted by Gasteiger charge is 2.12. The van der Waals surface area contributed by atoms with E-state index >= 15 is 0 Å². The lowest BCUT2D eigenvalue weighted by molar-refractivity contribution is 0.604. The van der Waals surface area contributed by atoms with E-state index in [1.54, 1.807) is 17.5 Å². The summed E-state index contributed by atoms with van der Waals surface area (Å²) in [6.45, 7) is 0. The molecule has 0 N–H and O–H groups in total. The Morgan fingerprint density at radius 3 is 2.64 bits per heavy atom. The molecule has 0 radical (unpaired) electrons. The zero-order valence-corrected chi connectivity index (χ0v) is 9.62. The van der Waals surface area contributed by atoms with Crippen molar-refractivity contribution in [3.05, 3.63) is 17.5 Å². The molecule has 74 valence electrons. The second-order valence-electron chi connectivity index (χ2n) is 2.68. The summed E-state index contributed by atoms with van der Waals surface area (Å²) in [6.07, 6.45) is 1.20. The van der Waals surface area contributed by atoms with E-state index in [4.69, 9.17) is 0 Å². The quantitative estimate of drug-likeness (QED) is 0.808. The molecule has 0 aliphatic carbocycles. The van der Waals surface area contributed by atoms with Crippen molar-refractivity contribution < 1.29 is 8.42 Å². The first-order chi connectivity index (χ1) is 6.57.